The summed E-state index contributed by atoms with van der Waals surface area (Å²) in [7, 11) is -1.61. The van der Waals surface area contributed by atoms with Crippen molar-refractivity contribution >= 4 is 32.3 Å². The Hall–Kier alpha value is -2.67. The van der Waals surface area contributed by atoms with Crippen molar-refractivity contribution in [3.05, 3.63) is 42.5 Å². The lowest BCUT2D eigenvalue weighted by molar-refractivity contribution is 0.415. The number of aromatic nitrogens is 1. The number of unbranched alkanes of at least 4 members (excludes halogenated alkanes) is 1. The van der Waals surface area contributed by atoms with Gasteiger partial charge in [-0.05, 0) is 43.5 Å². The molecule has 1 heterocycles. The molecule has 0 saturated heterocycles. The summed E-state index contributed by atoms with van der Waals surface area (Å²) in [6.07, 6.45) is 3.59. The quantitative estimate of drug-likeness (QED) is 0.565. The largest absolute Gasteiger partial charge is 0.497 e. The van der Waals surface area contributed by atoms with Crippen LogP contribution in [-0.4, -0.2) is 25.3 Å². The highest BCUT2D eigenvalue weighted by molar-refractivity contribution is 7.93. The maximum absolute atomic E-state index is 12.2. The second kappa shape index (κ2) is 7.63. The van der Waals surface area contributed by atoms with E-state index >= 15 is 0 Å². The number of nitrogens with two attached hydrogens (primary N) is 1. The van der Waals surface area contributed by atoms with Crippen LogP contribution in [0.3, 0.4) is 0 Å². The van der Waals surface area contributed by atoms with Crippen molar-refractivity contribution in [3.63, 3.8) is 0 Å². The summed E-state index contributed by atoms with van der Waals surface area (Å²) >= 11 is 0. The van der Waals surface area contributed by atoms with Gasteiger partial charge in [-0.3, -0.25) is 4.72 Å². The highest BCUT2D eigenvalue weighted by Crippen LogP contribution is 2.38. The first kappa shape index (κ1) is 19.6. The third-order valence-electron chi connectivity index (χ3n) is 5.43. The van der Waals surface area contributed by atoms with Crippen LogP contribution in [0.4, 0.5) is 11.4 Å². The average Bonchev–Trinajstić information content (AvgIpc) is 3.54. The molecule has 3 aromatic rings. The Labute approximate surface area is 171 Å². The van der Waals surface area contributed by atoms with Crippen LogP contribution in [0.5, 0.6) is 5.75 Å². The number of hydrogen-bond acceptors (Lipinski definition) is 4. The zero-order valence-corrected chi connectivity index (χ0v) is 17.6. The van der Waals surface area contributed by atoms with Gasteiger partial charge in [0.2, 0.25) is 10.0 Å². The molecule has 6 nitrogen and oxygen atoms in total. The van der Waals surface area contributed by atoms with Gasteiger partial charge in [-0.25, -0.2) is 8.42 Å². The van der Waals surface area contributed by atoms with Crippen molar-refractivity contribution in [1.29, 1.82) is 0 Å². The smallest absolute Gasteiger partial charge is 0.235 e. The van der Waals surface area contributed by atoms with Gasteiger partial charge in [-0.15, -0.1) is 0 Å². The van der Waals surface area contributed by atoms with Crippen molar-refractivity contribution < 1.29 is 13.2 Å². The number of nitrogens with one attached hydrogen (secondary N) is 1. The molecule has 154 valence electrons. The van der Waals surface area contributed by atoms with Crippen molar-refractivity contribution in [1.82, 2.24) is 4.57 Å². The van der Waals surface area contributed by atoms with E-state index in [0.717, 1.165) is 65.8 Å². The number of sulfonamides is 1. The molecule has 0 spiro atoms. The van der Waals surface area contributed by atoms with E-state index in [-0.39, 0.29) is 5.25 Å². The topological polar surface area (TPSA) is 86.4 Å². The van der Waals surface area contributed by atoms with E-state index < -0.39 is 10.0 Å². The number of aryl methyl sites for hydroxylation is 1. The van der Waals surface area contributed by atoms with Crippen molar-refractivity contribution in [2.45, 2.75) is 44.4 Å². The Balaban J connectivity index is 1.75. The van der Waals surface area contributed by atoms with E-state index in [0.29, 0.717) is 5.69 Å². The molecule has 0 aliphatic heterocycles. The lowest BCUT2D eigenvalue weighted by Gasteiger charge is -2.13. The third-order valence-corrected chi connectivity index (χ3v) is 7.30. The summed E-state index contributed by atoms with van der Waals surface area (Å²) in [6, 6.07) is 13.4. The third kappa shape index (κ3) is 3.79. The summed E-state index contributed by atoms with van der Waals surface area (Å²) in [6.45, 7) is 3.01. The Morgan fingerprint density at radius 1 is 1.17 bits per heavy atom. The van der Waals surface area contributed by atoms with E-state index in [9.17, 15) is 8.42 Å². The molecule has 1 fully saturated rings. The van der Waals surface area contributed by atoms with Gasteiger partial charge in [-0.1, -0.05) is 25.5 Å². The second-order valence-electron chi connectivity index (χ2n) is 7.57. The Bertz CT molecular complexity index is 1130. The zero-order chi connectivity index (χ0) is 20.6. The first-order chi connectivity index (χ1) is 13.9. The number of hydrogen-bond donors (Lipinski definition) is 2. The molecule has 4 rings (SSSR count). The lowest BCUT2D eigenvalue weighted by Crippen LogP contribution is -2.17. The summed E-state index contributed by atoms with van der Waals surface area (Å²) in [5, 5.41) is 0.750. The number of benzene rings is 2. The molecule has 0 radical (unpaired) electrons. The molecular formula is C22H27N3O3S. The van der Waals surface area contributed by atoms with Crippen LogP contribution in [0.1, 0.15) is 32.6 Å². The number of anilines is 2. The number of nitrogens with zero attached hydrogens (tertiary/aromatic N) is 1. The predicted molar refractivity (Wildman–Crippen MR) is 119 cm³/mol. The predicted octanol–water partition coefficient (Wildman–Crippen LogP) is 4.60. The lowest BCUT2D eigenvalue weighted by atomic mass is 10.1. The fraction of sp³-hybridized carbons (Fsp3) is 0.364. The molecule has 0 atom stereocenters. The average molecular weight is 414 g/mol. The fourth-order valence-electron chi connectivity index (χ4n) is 3.66. The summed E-state index contributed by atoms with van der Waals surface area (Å²) in [4.78, 5) is 0. The molecular weight excluding hydrogens is 386 g/mol. The van der Waals surface area contributed by atoms with Gasteiger partial charge in [0.25, 0.3) is 0 Å². The van der Waals surface area contributed by atoms with Gasteiger partial charge in [0.05, 0.1) is 29.3 Å². The van der Waals surface area contributed by atoms with E-state index in [1.807, 2.05) is 30.3 Å². The van der Waals surface area contributed by atoms with Crippen LogP contribution in [0.2, 0.25) is 0 Å². The Kier molecular flexibility index (Phi) is 5.17. The molecule has 3 N–H and O–H groups in total. The minimum Gasteiger partial charge on any atom is -0.497 e. The molecule has 29 heavy (non-hydrogen) atoms. The van der Waals surface area contributed by atoms with Crippen LogP contribution in [0.25, 0.3) is 22.2 Å². The summed E-state index contributed by atoms with van der Waals surface area (Å²) < 4.78 is 34.7. The normalized spacial score (nSPS) is 14.3. The molecule has 1 aliphatic rings. The number of fused-ring (bicyclic) bond motifs is 1. The molecule has 1 aliphatic carbocycles. The molecule has 0 unspecified atom stereocenters. The van der Waals surface area contributed by atoms with E-state index in [2.05, 4.69) is 16.2 Å². The second-order valence-corrected chi connectivity index (χ2v) is 9.54. The molecule has 0 amide bonds. The van der Waals surface area contributed by atoms with Crippen LogP contribution in [0, 0.1) is 0 Å². The van der Waals surface area contributed by atoms with Gasteiger partial charge in [0.1, 0.15) is 5.75 Å². The van der Waals surface area contributed by atoms with Crippen LogP contribution >= 0.6 is 0 Å². The van der Waals surface area contributed by atoms with Crippen LogP contribution in [0.15, 0.2) is 42.5 Å². The maximum Gasteiger partial charge on any atom is 0.235 e. The molecule has 1 aromatic heterocycles. The van der Waals surface area contributed by atoms with Gasteiger partial charge in [-0.2, -0.15) is 0 Å². The van der Waals surface area contributed by atoms with E-state index in [4.69, 9.17) is 10.5 Å². The highest BCUT2D eigenvalue weighted by Gasteiger charge is 2.35. The number of ether oxygens (including phenoxy) is 1. The first-order valence-corrected chi connectivity index (χ1v) is 11.6. The number of methoxy groups -OCH3 is 1. The monoisotopic (exact) mass is 413 g/mol. The molecule has 1 saturated carbocycles. The Morgan fingerprint density at radius 3 is 2.52 bits per heavy atom. The SMILES string of the molecule is CCCCn1c(-c2ccc(NS(=O)(=O)C3CC3)cc2)c(N)c2ccc(OC)cc21. The van der Waals surface area contributed by atoms with Crippen molar-refractivity contribution in [2.75, 3.05) is 17.6 Å². The van der Waals surface area contributed by atoms with Gasteiger partial charge >= 0.3 is 0 Å². The van der Waals surface area contributed by atoms with Gasteiger partial charge < -0.3 is 15.0 Å². The standard InChI is InChI=1S/C22H27N3O3S/c1-3-4-13-25-20-14-17(28-2)9-12-19(20)21(23)22(25)15-5-7-16(8-6-15)24-29(26,27)18-10-11-18/h5-9,12,14,18,24H,3-4,10-11,13,23H2,1-2H3. The van der Waals surface area contributed by atoms with Crippen LogP contribution < -0.4 is 15.2 Å². The van der Waals surface area contributed by atoms with Crippen LogP contribution in [-0.2, 0) is 16.6 Å². The van der Waals surface area contributed by atoms with Gasteiger partial charge in [0.15, 0.2) is 0 Å². The fourth-order valence-corrected chi connectivity index (χ4v) is 5.05. The van der Waals surface area contributed by atoms with Crippen molar-refractivity contribution in [2.24, 2.45) is 0 Å². The number of rotatable bonds is 8. The maximum atomic E-state index is 12.2. The zero-order valence-electron chi connectivity index (χ0n) is 16.8. The minimum absolute atomic E-state index is 0.246. The highest BCUT2D eigenvalue weighted by atomic mass is 32.2. The summed E-state index contributed by atoms with van der Waals surface area (Å²) in [5.41, 5.74) is 10.8. The number of nitrogen functional groups attached to an aromatic ring is 1. The molecule has 2 aromatic carbocycles. The molecule has 0 bridgehead atoms. The van der Waals surface area contributed by atoms with Gasteiger partial charge in [0, 0.05) is 29.2 Å². The van der Waals surface area contributed by atoms with Crippen molar-refractivity contribution in [3.8, 4) is 17.0 Å². The van der Waals surface area contributed by atoms with E-state index in [1.54, 1.807) is 19.2 Å². The summed E-state index contributed by atoms with van der Waals surface area (Å²) in [5.74, 6) is 0.795. The van der Waals surface area contributed by atoms with E-state index in [1.165, 1.54) is 0 Å². The first-order valence-electron chi connectivity index (χ1n) is 10.0. The Morgan fingerprint density at radius 2 is 1.90 bits per heavy atom. The minimum atomic E-state index is -3.27. The molecule has 7 heteroatoms.